The number of hydrogen-bond donors (Lipinski definition) is 0. The van der Waals surface area contributed by atoms with Gasteiger partial charge in [-0.2, -0.15) is 0 Å². The monoisotopic (exact) mass is 206 g/mol. The highest BCUT2D eigenvalue weighted by Crippen LogP contribution is 2.13. The van der Waals surface area contributed by atoms with Crippen LogP contribution in [0.1, 0.15) is 40.0 Å². The van der Waals surface area contributed by atoms with E-state index in [1.165, 1.54) is 19.3 Å². The second-order valence-electron chi connectivity index (χ2n) is 3.58. The molecule has 62 valence electrons. The molecule has 0 spiro atoms. The fourth-order valence-electron chi connectivity index (χ4n) is 0.952. The molecule has 0 rings (SSSR count). The Balaban J connectivity index is 3.03. The second kappa shape index (κ2) is 6.21. The summed E-state index contributed by atoms with van der Waals surface area (Å²) in [6.45, 7) is 6.88. The Bertz CT molecular complexity index is 69.1. The average Bonchev–Trinajstić information content (AvgIpc) is 1.87. The van der Waals surface area contributed by atoms with Gasteiger partial charge in [0.1, 0.15) is 0 Å². The Morgan fingerprint density at radius 1 is 1.10 bits per heavy atom. The lowest BCUT2D eigenvalue weighted by molar-refractivity contribution is 0.485. The maximum atomic E-state index is 3.48. The summed E-state index contributed by atoms with van der Waals surface area (Å²) >= 11 is 3.48. The minimum absolute atomic E-state index is 0.860. The van der Waals surface area contributed by atoms with Gasteiger partial charge in [0.15, 0.2) is 0 Å². The van der Waals surface area contributed by atoms with Crippen molar-refractivity contribution < 1.29 is 0 Å². The van der Waals surface area contributed by atoms with Crippen molar-refractivity contribution in [2.24, 2.45) is 11.8 Å². The van der Waals surface area contributed by atoms with Crippen molar-refractivity contribution in [3.63, 3.8) is 0 Å². The molecule has 0 aliphatic heterocycles. The zero-order chi connectivity index (χ0) is 7.98. The number of alkyl halides is 1. The molecule has 1 unspecified atom stereocenters. The van der Waals surface area contributed by atoms with E-state index in [1.807, 2.05) is 0 Å². The molecule has 0 saturated carbocycles. The highest BCUT2D eigenvalue weighted by atomic mass is 79.9. The molecule has 0 aromatic carbocycles. The highest BCUT2D eigenvalue weighted by Gasteiger charge is 1.99. The van der Waals surface area contributed by atoms with Crippen LogP contribution in [-0.4, -0.2) is 5.33 Å². The first-order valence-corrected chi connectivity index (χ1v) is 5.35. The van der Waals surface area contributed by atoms with Crippen LogP contribution in [0.5, 0.6) is 0 Å². The van der Waals surface area contributed by atoms with E-state index in [4.69, 9.17) is 0 Å². The van der Waals surface area contributed by atoms with Crippen molar-refractivity contribution in [3.8, 4) is 0 Å². The largest absolute Gasteiger partial charge is 0.0925 e. The van der Waals surface area contributed by atoms with Crippen LogP contribution in [0.15, 0.2) is 0 Å². The molecule has 0 heterocycles. The van der Waals surface area contributed by atoms with E-state index in [0.717, 1.165) is 17.2 Å². The Morgan fingerprint density at radius 2 is 1.70 bits per heavy atom. The molecule has 0 amide bonds. The van der Waals surface area contributed by atoms with Gasteiger partial charge >= 0.3 is 0 Å². The molecule has 1 heteroatoms. The first-order chi connectivity index (χ1) is 4.66. The van der Waals surface area contributed by atoms with Gasteiger partial charge in [0.05, 0.1) is 0 Å². The van der Waals surface area contributed by atoms with Crippen LogP contribution >= 0.6 is 15.9 Å². The normalized spacial score (nSPS) is 14.1. The fourth-order valence-corrected chi connectivity index (χ4v) is 1.28. The molecule has 1 atom stereocenters. The lowest BCUT2D eigenvalue weighted by atomic mass is 10.0. The van der Waals surface area contributed by atoms with E-state index < -0.39 is 0 Å². The van der Waals surface area contributed by atoms with Crippen molar-refractivity contribution in [3.05, 3.63) is 0 Å². The van der Waals surface area contributed by atoms with Crippen LogP contribution in [0.2, 0.25) is 0 Å². The van der Waals surface area contributed by atoms with Crippen LogP contribution in [0.25, 0.3) is 0 Å². The van der Waals surface area contributed by atoms with Crippen molar-refractivity contribution in [2.45, 2.75) is 40.0 Å². The summed E-state index contributed by atoms with van der Waals surface area (Å²) < 4.78 is 0. The topological polar surface area (TPSA) is 0 Å². The van der Waals surface area contributed by atoms with Gasteiger partial charge in [-0.05, 0) is 18.3 Å². The number of hydrogen-bond acceptors (Lipinski definition) is 0. The third-order valence-electron chi connectivity index (χ3n) is 1.74. The Labute approximate surface area is 73.5 Å². The molecule has 0 aromatic rings. The van der Waals surface area contributed by atoms with Crippen LogP contribution in [0.4, 0.5) is 0 Å². The smallest absolute Gasteiger partial charge is 0.00570 e. The average molecular weight is 207 g/mol. The van der Waals surface area contributed by atoms with Crippen LogP contribution in [0.3, 0.4) is 0 Å². The number of halogens is 1. The van der Waals surface area contributed by atoms with E-state index in [9.17, 15) is 0 Å². The molecule has 0 bridgehead atoms. The maximum Gasteiger partial charge on any atom is 0.00570 e. The van der Waals surface area contributed by atoms with Crippen molar-refractivity contribution >= 4 is 15.9 Å². The summed E-state index contributed by atoms with van der Waals surface area (Å²) in [6.07, 6.45) is 4.16. The molecule has 0 aliphatic carbocycles. The first kappa shape index (κ1) is 10.5. The van der Waals surface area contributed by atoms with Gasteiger partial charge < -0.3 is 0 Å². The standard InChI is InChI=1S/C9H19Br/c1-8(2)5-4-6-9(3)7-10/h8-9H,4-7H2,1-3H3. The van der Waals surface area contributed by atoms with E-state index in [-0.39, 0.29) is 0 Å². The Kier molecular flexibility index (Phi) is 6.50. The summed E-state index contributed by atoms with van der Waals surface area (Å²) in [5.74, 6) is 1.74. The fraction of sp³-hybridized carbons (Fsp3) is 1.00. The molecule has 0 aliphatic rings. The van der Waals surface area contributed by atoms with Crippen molar-refractivity contribution in [2.75, 3.05) is 5.33 Å². The molecule has 0 radical (unpaired) electrons. The lowest BCUT2D eigenvalue weighted by Gasteiger charge is -2.07. The predicted molar refractivity (Wildman–Crippen MR) is 51.6 cm³/mol. The van der Waals surface area contributed by atoms with Gasteiger partial charge in [-0.3, -0.25) is 0 Å². The third-order valence-corrected chi connectivity index (χ3v) is 2.85. The molecule has 0 aromatic heterocycles. The molecule has 0 nitrogen and oxygen atoms in total. The van der Waals surface area contributed by atoms with E-state index in [2.05, 4.69) is 36.7 Å². The van der Waals surface area contributed by atoms with Crippen molar-refractivity contribution in [1.29, 1.82) is 0 Å². The zero-order valence-corrected chi connectivity index (χ0v) is 8.95. The molecular formula is C9H19Br. The summed E-state index contributed by atoms with van der Waals surface area (Å²) in [5.41, 5.74) is 0. The Hall–Kier alpha value is 0.480. The zero-order valence-electron chi connectivity index (χ0n) is 7.36. The number of rotatable bonds is 5. The maximum absolute atomic E-state index is 3.48. The summed E-state index contributed by atoms with van der Waals surface area (Å²) in [6, 6.07) is 0. The molecule has 10 heavy (non-hydrogen) atoms. The predicted octanol–water partition coefficient (Wildman–Crippen LogP) is 3.84. The summed E-state index contributed by atoms with van der Waals surface area (Å²) in [5, 5.41) is 1.16. The molecule has 0 saturated heterocycles. The Morgan fingerprint density at radius 3 is 2.10 bits per heavy atom. The van der Waals surface area contributed by atoms with Gasteiger partial charge in [-0.25, -0.2) is 0 Å². The van der Waals surface area contributed by atoms with Gasteiger partial charge in [0, 0.05) is 5.33 Å². The van der Waals surface area contributed by atoms with E-state index >= 15 is 0 Å². The first-order valence-electron chi connectivity index (χ1n) is 4.22. The van der Waals surface area contributed by atoms with Crippen molar-refractivity contribution in [1.82, 2.24) is 0 Å². The second-order valence-corrected chi connectivity index (χ2v) is 4.23. The minimum atomic E-state index is 0.860. The summed E-state index contributed by atoms with van der Waals surface area (Å²) in [4.78, 5) is 0. The van der Waals surface area contributed by atoms with Crippen LogP contribution in [-0.2, 0) is 0 Å². The van der Waals surface area contributed by atoms with Crippen LogP contribution < -0.4 is 0 Å². The minimum Gasteiger partial charge on any atom is -0.0925 e. The van der Waals surface area contributed by atoms with Gasteiger partial charge in [0.2, 0.25) is 0 Å². The molecule has 0 N–H and O–H groups in total. The van der Waals surface area contributed by atoms with Gasteiger partial charge in [-0.1, -0.05) is 49.5 Å². The van der Waals surface area contributed by atoms with Gasteiger partial charge in [0.25, 0.3) is 0 Å². The third kappa shape index (κ3) is 6.60. The lowest BCUT2D eigenvalue weighted by Crippen LogP contribution is -1.96. The summed E-state index contributed by atoms with van der Waals surface area (Å²) in [7, 11) is 0. The van der Waals surface area contributed by atoms with E-state index in [0.29, 0.717) is 0 Å². The van der Waals surface area contributed by atoms with Gasteiger partial charge in [-0.15, -0.1) is 0 Å². The van der Waals surface area contributed by atoms with E-state index in [1.54, 1.807) is 0 Å². The SMILES string of the molecule is CC(C)CCCC(C)CBr. The molecule has 0 fully saturated rings. The molecular weight excluding hydrogens is 188 g/mol. The highest BCUT2D eigenvalue weighted by molar-refractivity contribution is 9.09. The quantitative estimate of drug-likeness (QED) is 0.601. The van der Waals surface area contributed by atoms with Crippen LogP contribution in [0, 0.1) is 11.8 Å².